The van der Waals surface area contributed by atoms with E-state index < -0.39 is 12.9 Å². The molecule has 0 radical (unpaired) electrons. The maximum Gasteiger partial charge on any atom is 0.168 e. The van der Waals surface area contributed by atoms with Crippen molar-refractivity contribution in [2.75, 3.05) is 47.1 Å². The molecule has 0 atom stereocenters. The number of quaternary nitrogens is 1. The molecule has 3 rings (SSSR count). The van der Waals surface area contributed by atoms with Crippen molar-refractivity contribution in [3.8, 4) is 11.5 Å². The maximum absolute atomic E-state index is 8.25. The summed E-state index contributed by atoms with van der Waals surface area (Å²) in [6.07, 6.45) is 7.49. The third-order valence-corrected chi connectivity index (χ3v) is 7.31. The molecule has 0 aliphatic rings. The quantitative estimate of drug-likeness (QED) is 0.0940. The normalized spacial score (nSPS) is 11.3. The highest BCUT2D eigenvalue weighted by Crippen LogP contribution is 2.36. The number of carbonyl (C=O) groups excluding carboxylic acids is 2. The molecule has 0 fully saturated rings. The number of ether oxygens (including phenoxy) is 3. The van der Waals surface area contributed by atoms with Gasteiger partial charge in [0.1, 0.15) is 37.7 Å². The van der Waals surface area contributed by atoms with Crippen molar-refractivity contribution in [3.05, 3.63) is 90.3 Å². The van der Waals surface area contributed by atoms with Gasteiger partial charge in [-0.1, -0.05) is 65.0 Å². The zero-order valence-corrected chi connectivity index (χ0v) is 29.5. The van der Waals surface area contributed by atoms with Crippen molar-refractivity contribution >= 4 is 12.9 Å². The molecule has 1 heterocycles. The van der Waals surface area contributed by atoms with Crippen LogP contribution in [-0.4, -0.2) is 64.5 Å². The van der Waals surface area contributed by atoms with Crippen LogP contribution in [0.1, 0.15) is 65.0 Å². The average Bonchev–Trinajstić information content (AvgIpc) is 2.99. The van der Waals surface area contributed by atoms with Gasteiger partial charge in [-0.3, -0.25) is 0 Å². The fourth-order valence-corrected chi connectivity index (χ4v) is 5.54. The van der Waals surface area contributed by atoms with Gasteiger partial charge in [-0.15, -0.1) is 0 Å². The molecule has 0 saturated carbocycles. The maximum atomic E-state index is 8.25. The minimum absolute atomic E-state index is 0.140. The molecular weight excluding hydrogens is 596 g/mol. The van der Waals surface area contributed by atoms with Crippen LogP contribution in [0.2, 0.25) is 0 Å². The number of unbranched alkanes of at least 4 members (excludes halogenated alkanes) is 1. The number of likely N-dealkylation sites (N-methyl/N-ethyl adjacent to an activating group) is 1. The third-order valence-electron chi connectivity index (χ3n) is 7.31. The highest BCUT2D eigenvalue weighted by atomic mass is 16.5. The number of rotatable bonds is 17. The van der Waals surface area contributed by atoms with Gasteiger partial charge in [-0.05, 0) is 53.5 Å². The van der Waals surface area contributed by atoms with E-state index in [-0.39, 0.29) is 5.41 Å². The second-order valence-corrected chi connectivity index (χ2v) is 13.9. The molecular formula is C38H56N2O7. The van der Waals surface area contributed by atoms with Gasteiger partial charge in [-0.2, -0.15) is 0 Å². The molecule has 47 heavy (non-hydrogen) atoms. The second kappa shape index (κ2) is 21.8. The number of nitrogens with zero attached hydrogens (tertiary/aromatic N) is 2. The van der Waals surface area contributed by atoms with Crippen molar-refractivity contribution in [2.45, 2.75) is 72.4 Å². The molecule has 0 unspecified atom stereocenters. The summed E-state index contributed by atoms with van der Waals surface area (Å²) in [7, 11) is 4.49. The van der Waals surface area contributed by atoms with E-state index in [9.17, 15) is 0 Å². The highest BCUT2D eigenvalue weighted by Gasteiger charge is 2.27. The number of benzene rings is 2. The third kappa shape index (κ3) is 19.3. The summed E-state index contributed by atoms with van der Waals surface area (Å²) in [4.78, 5) is 16.5. The van der Waals surface area contributed by atoms with Gasteiger partial charge >= 0.3 is 0 Å². The lowest BCUT2D eigenvalue weighted by atomic mass is 9.72. The first kappa shape index (κ1) is 41.1. The minimum Gasteiger partial charge on any atom is -0.554 e. The van der Waals surface area contributed by atoms with Gasteiger partial charge in [0.25, 0.3) is 0 Å². The largest absolute Gasteiger partial charge is 0.554 e. The number of hydrogen-bond acceptors (Lipinski definition) is 7. The molecule has 0 bridgehead atoms. The van der Waals surface area contributed by atoms with E-state index in [2.05, 4.69) is 126 Å². The lowest BCUT2D eigenvalue weighted by molar-refractivity contribution is -0.904. The van der Waals surface area contributed by atoms with Crippen molar-refractivity contribution < 1.29 is 43.1 Å². The lowest BCUT2D eigenvalue weighted by Crippen LogP contribution is -2.41. The molecule has 9 heteroatoms. The summed E-state index contributed by atoms with van der Waals surface area (Å²) < 4.78 is 21.0. The van der Waals surface area contributed by atoms with E-state index in [1.54, 1.807) is 0 Å². The predicted molar refractivity (Wildman–Crippen MR) is 180 cm³/mol. The van der Waals surface area contributed by atoms with Gasteiger partial charge in [0.05, 0.1) is 33.9 Å². The standard InChI is InChI=1S/C36H54N2O3.2CH2O2/c1-35(2,3)30-36(4,5)32-16-18-33(19-17-32)41-27-26-39-25-23-38(6,7)29-31-14-13-15-34(28-31)40-24-12-11-22-37-20-9-8-10-21-37;2*2-1-3/h8-10,13-21,28H,11-12,22-27,29-30H2,1-7H3;2*1H,(H,2,3)/q+2;;/p-2. The Morgan fingerprint density at radius 3 is 1.98 bits per heavy atom. The van der Waals surface area contributed by atoms with E-state index in [4.69, 9.17) is 34.0 Å². The smallest absolute Gasteiger partial charge is 0.168 e. The molecule has 1 aromatic heterocycles. The Balaban J connectivity index is 0.00000171. The van der Waals surface area contributed by atoms with E-state index in [1.165, 1.54) is 11.1 Å². The van der Waals surface area contributed by atoms with Crippen molar-refractivity contribution in [1.82, 2.24) is 0 Å². The van der Waals surface area contributed by atoms with Crippen molar-refractivity contribution in [1.29, 1.82) is 0 Å². The van der Waals surface area contributed by atoms with Crippen LogP contribution >= 0.6 is 0 Å². The Bertz CT molecular complexity index is 1250. The zero-order valence-electron chi connectivity index (χ0n) is 29.5. The molecule has 0 aliphatic carbocycles. The van der Waals surface area contributed by atoms with Gasteiger partial charge in [0.15, 0.2) is 12.4 Å². The minimum atomic E-state index is -0.500. The first-order valence-electron chi connectivity index (χ1n) is 16.2. The van der Waals surface area contributed by atoms with E-state index in [0.717, 1.165) is 61.5 Å². The molecule has 0 N–H and O–H groups in total. The highest BCUT2D eigenvalue weighted by molar-refractivity contribution is 5.32. The number of aryl methyl sites for hydroxylation is 1. The predicted octanol–water partition coefficient (Wildman–Crippen LogP) is 3.95. The summed E-state index contributed by atoms with van der Waals surface area (Å²) in [5.74, 6) is 1.85. The zero-order chi connectivity index (χ0) is 35.2. The Labute approximate surface area is 282 Å². The van der Waals surface area contributed by atoms with Crippen LogP contribution in [0.25, 0.3) is 0 Å². The van der Waals surface area contributed by atoms with E-state index in [0.29, 0.717) is 25.2 Å². The molecule has 9 nitrogen and oxygen atoms in total. The van der Waals surface area contributed by atoms with Gasteiger partial charge < -0.3 is 38.5 Å². The fraction of sp³-hybridized carbons (Fsp3) is 0.500. The van der Waals surface area contributed by atoms with Gasteiger partial charge in [0.2, 0.25) is 0 Å². The van der Waals surface area contributed by atoms with E-state index in [1.807, 2.05) is 6.07 Å². The van der Waals surface area contributed by atoms with Crippen molar-refractivity contribution in [3.63, 3.8) is 0 Å². The Hall–Kier alpha value is -3.95. The summed E-state index contributed by atoms with van der Waals surface area (Å²) in [6.45, 7) is 16.0. The topological polar surface area (TPSA) is 112 Å². The Kier molecular flexibility index (Phi) is 19.0. The SMILES string of the molecule is CC(C)(C)CC(C)(C)c1ccc(OCCOCC[N+](C)(C)Cc2cccc(OCCCC[n+]3ccccc3)c2)cc1.O=C[O-].O=C[O-]. The molecule has 0 aliphatic heterocycles. The molecule has 3 aromatic rings. The van der Waals surface area contributed by atoms with E-state index >= 15 is 0 Å². The molecule has 260 valence electrons. The molecule has 0 amide bonds. The Morgan fingerprint density at radius 2 is 1.36 bits per heavy atom. The van der Waals surface area contributed by atoms with Crippen LogP contribution in [0.3, 0.4) is 0 Å². The molecule has 2 aromatic carbocycles. The number of aromatic nitrogens is 1. The van der Waals surface area contributed by atoms with Crippen LogP contribution in [0.4, 0.5) is 0 Å². The summed E-state index contributed by atoms with van der Waals surface area (Å²) in [5, 5.41) is 16.5. The fourth-order valence-electron chi connectivity index (χ4n) is 5.54. The van der Waals surface area contributed by atoms with Crippen molar-refractivity contribution in [2.24, 2.45) is 5.41 Å². The summed E-state index contributed by atoms with van der Waals surface area (Å²) in [5.41, 5.74) is 3.07. The molecule has 0 spiro atoms. The monoisotopic (exact) mass is 652 g/mol. The molecule has 0 saturated heterocycles. The van der Waals surface area contributed by atoms with Gasteiger partial charge in [-0.25, -0.2) is 4.57 Å². The number of hydrogen-bond donors (Lipinski definition) is 0. The lowest BCUT2D eigenvalue weighted by Gasteiger charge is -2.33. The second-order valence-electron chi connectivity index (χ2n) is 13.9. The number of pyridine rings is 1. The Morgan fingerprint density at radius 1 is 0.745 bits per heavy atom. The van der Waals surface area contributed by atoms with Crippen LogP contribution in [0, 0.1) is 5.41 Å². The van der Waals surface area contributed by atoms with Crippen LogP contribution in [-0.2, 0) is 32.8 Å². The summed E-state index contributed by atoms with van der Waals surface area (Å²) in [6, 6.07) is 23.3. The number of carbonyl (C=O) groups is 2. The summed E-state index contributed by atoms with van der Waals surface area (Å²) >= 11 is 0. The van der Waals surface area contributed by atoms with Crippen LogP contribution in [0.5, 0.6) is 11.5 Å². The number of carboxylic acid groups (broad SMARTS) is 2. The first-order chi connectivity index (χ1) is 22.2. The van der Waals surface area contributed by atoms with Crippen LogP contribution in [0.15, 0.2) is 79.1 Å². The first-order valence-corrected chi connectivity index (χ1v) is 16.2. The van der Waals surface area contributed by atoms with Gasteiger partial charge in [0, 0.05) is 37.1 Å². The average molecular weight is 653 g/mol. The van der Waals surface area contributed by atoms with Crippen LogP contribution < -0.4 is 24.3 Å².